The van der Waals surface area contributed by atoms with Gasteiger partial charge in [0, 0.05) is 51.2 Å². The van der Waals surface area contributed by atoms with Crippen LogP contribution in [0.25, 0.3) is 87.5 Å². The van der Waals surface area contributed by atoms with Crippen LogP contribution in [0.1, 0.15) is 33.4 Å². The minimum Gasteiger partial charge on any atom is -0.505 e. The second-order valence-electron chi connectivity index (χ2n) is 30.3. The molecule has 0 amide bonds. The van der Waals surface area contributed by atoms with Crippen LogP contribution in [-0.2, 0) is 32.4 Å². The lowest BCUT2D eigenvalue weighted by molar-refractivity contribution is -0.137. The lowest BCUT2D eigenvalue weighted by atomic mass is 10.1. The number of aryl methyl sites for hydroxylation is 1. The molecule has 0 atom stereocenters. The molecule has 0 aliphatic carbocycles. The smallest absolute Gasteiger partial charge is 0.416 e. The van der Waals surface area contributed by atoms with Crippen molar-refractivity contribution in [3.05, 3.63) is 441 Å². The second-order valence-corrected chi connectivity index (χ2v) is 35.4. The number of benzene rings is 12. The molecule has 0 radical (unpaired) electrons. The first-order valence-corrected chi connectivity index (χ1v) is 44.7. The molecule has 0 saturated carbocycles. The summed E-state index contributed by atoms with van der Waals surface area (Å²) in [5.41, 5.74) is -2.17. The average Bonchev–Trinajstić information content (AvgIpc) is 0.753. The number of hydrogen-bond acceptors (Lipinski definition) is 20. The molecule has 20 rings (SSSR count). The van der Waals surface area contributed by atoms with Crippen LogP contribution in [-0.4, -0.2) is 38.7 Å². The normalized spacial score (nSPS) is 11.5. The Balaban J connectivity index is 0.000000125. The van der Waals surface area contributed by atoms with Crippen LogP contribution in [0, 0.1) is 36.0 Å². The third kappa shape index (κ3) is 18.8. The zero-order valence-electron chi connectivity index (χ0n) is 69.6. The van der Waals surface area contributed by atoms with Gasteiger partial charge in [-0.05, 0) is 185 Å². The quantitative estimate of drug-likeness (QED) is 0.0516. The third-order valence-electron chi connectivity index (χ3n) is 21.5. The predicted octanol–water partition coefficient (Wildman–Crippen LogP) is 22.8. The van der Waals surface area contributed by atoms with Gasteiger partial charge in [0.25, 0.3) is 22.2 Å². The van der Waals surface area contributed by atoms with Gasteiger partial charge in [0.15, 0.2) is 45.3 Å². The first-order chi connectivity index (χ1) is 64.9. The molecule has 20 nitrogen and oxygen atoms in total. The number of aromatic hydroxyl groups is 4. The van der Waals surface area contributed by atoms with Crippen molar-refractivity contribution in [2.24, 2.45) is 0 Å². The van der Waals surface area contributed by atoms with E-state index in [-0.39, 0.29) is 94.5 Å². The first-order valence-electron chi connectivity index (χ1n) is 40.6. The lowest BCUT2D eigenvalue weighted by Crippen LogP contribution is -2.23. The van der Waals surface area contributed by atoms with E-state index in [1.807, 2.05) is 37.3 Å². The number of alkyl halides is 3. The Bertz CT molecular complexity index is 8740. The summed E-state index contributed by atoms with van der Waals surface area (Å²) in [7, 11) is 0. The van der Waals surface area contributed by atoms with Gasteiger partial charge >= 0.3 is 28.7 Å². The molecule has 4 N–H and O–H groups in total. The Hall–Kier alpha value is -15.2. The van der Waals surface area contributed by atoms with Gasteiger partial charge in [0.05, 0.1) is 53.8 Å². The molecule has 12 aromatic carbocycles. The molecule has 33 heteroatoms. The van der Waals surface area contributed by atoms with E-state index in [2.05, 4.69) is 15.9 Å². The molecule has 0 bridgehead atoms. The van der Waals surface area contributed by atoms with Gasteiger partial charge in [0.2, 0.25) is 0 Å². The first kappa shape index (κ1) is 91.7. The fourth-order valence-electron chi connectivity index (χ4n) is 15.3. The molecule has 674 valence electrons. The third-order valence-corrected chi connectivity index (χ3v) is 26.8. The average molecular weight is 1960 g/mol. The van der Waals surface area contributed by atoms with E-state index in [0.717, 1.165) is 50.6 Å². The van der Waals surface area contributed by atoms with Gasteiger partial charge in [-0.1, -0.05) is 198 Å². The number of pyridine rings is 4. The minimum atomic E-state index is -4.60. The van der Waals surface area contributed by atoms with E-state index in [9.17, 15) is 93.9 Å². The summed E-state index contributed by atoms with van der Waals surface area (Å²) in [5.74, 6) is -4.52. The number of aromatic nitrogens is 4. The van der Waals surface area contributed by atoms with Crippen molar-refractivity contribution in [1.29, 1.82) is 0 Å². The van der Waals surface area contributed by atoms with Crippen LogP contribution >= 0.6 is 63.0 Å². The number of para-hydroxylation sites is 4. The van der Waals surface area contributed by atoms with Crippen LogP contribution in [0.15, 0.2) is 391 Å². The monoisotopic (exact) mass is 1960 g/mol. The molecular formula is C102H63BrF8N4O16S4. The van der Waals surface area contributed by atoms with E-state index >= 15 is 0 Å². The van der Waals surface area contributed by atoms with Gasteiger partial charge in [-0.3, -0.25) is 19.2 Å². The van der Waals surface area contributed by atoms with Crippen LogP contribution in [0.3, 0.4) is 0 Å². The van der Waals surface area contributed by atoms with E-state index in [1.165, 1.54) is 97.1 Å². The Morgan fingerprint density at radius 2 is 0.630 bits per heavy atom. The molecule has 0 unspecified atom stereocenters. The Kier molecular flexibility index (Phi) is 26.2. The van der Waals surface area contributed by atoms with Crippen molar-refractivity contribution in [2.45, 2.75) is 78.4 Å². The van der Waals surface area contributed by atoms with E-state index in [4.69, 9.17) is 17.7 Å². The summed E-state index contributed by atoms with van der Waals surface area (Å²) in [6.45, 7) is 1.95. The zero-order valence-corrected chi connectivity index (χ0v) is 74.4. The van der Waals surface area contributed by atoms with Crippen LogP contribution in [0.4, 0.5) is 35.1 Å². The molecule has 0 fully saturated rings. The fourth-order valence-corrected chi connectivity index (χ4v) is 19.4. The Morgan fingerprint density at radius 1 is 0.319 bits per heavy atom. The zero-order chi connectivity index (χ0) is 94.9. The molecule has 8 heterocycles. The molecule has 0 saturated heterocycles. The van der Waals surface area contributed by atoms with Gasteiger partial charge in [0.1, 0.15) is 70.2 Å². The highest BCUT2D eigenvalue weighted by Gasteiger charge is 2.33. The summed E-state index contributed by atoms with van der Waals surface area (Å²) in [6, 6.07) is 75.4. The predicted molar refractivity (Wildman–Crippen MR) is 505 cm³/mol. The van der Waals surface area contributed by atoms with Gasteiger partial charge < -0.3 is 56.4 Å². The van der Waals surface area contributed by atoms with Crippen molar-refractivity contribution in [1.82, 2.24) is 18.3 Å². The van der Waals surface area contributed by atoms with Crippen molar-refractivity contribution in [3.8, 4) is 23.0 Å². The van der Waals surface area contributed by atoms with Gasteiger partial charge in [-0.25, -0.2) is 41.1 Å². The van der Waals surface area contributed by atoms with Crippen molar-refractivity contribution < 1.29 is 73.2 Å². The fraction of sp³-hybridized carbons (Fsp3) is 0.0588. The summed E-state index contributed by atoms with van der Waals surface area (Å²) in [4.78, 5) is 106. The van der Waals surface area contributed by atoms with Crippen LogP contribution in [0.2, 0.25) is 0 Å². The summed E-state index contributed by atoms with van der Waals surface area (Å²) in [6.07, 6.45) is -4.60. The summed E-state index contributed by atoms with van der Waals surface area (Å²) in [5, 5.41) is 45.2. The maximum Gasteiger partial charge on any atom is 0.416 e. The largest absolute Gasteiger partial charge is 0.505 e. The van der Waals surface area contributed by atoms with Crippen molar-refractivity contribution in [2.75, 3.05) is 0 Å². The highest BCUT2D eigenvalue weighted by molar-refractivity contribution is 9.10. The second kappa shape index (κ2) is 38.6. The highest BCUT2D eigenvalue weighted by Crippen LogP contribution is 2.45. The van der Waals surface area contributed by atoms with Crippen LogP contribution in [0.5, 0.6) is 23.0 Å². The van der Waals surface area contributed by atoms with Gasteiger partial charge in [-0.2, -0.15) is 13.2 Å². The standard InChI is InChI=1S/C26H15F4NO4S.C26H18FNO4S.C25H15BrFNO4S.C25H15F2NO4S/c27-16-7-3-5-14(11-16)13-31-19-10-2-1-9-18(19)22-20(24(31)33)21(32)23(25(34)35-22)36-17-8-4-6-15(12-17)26(28,29)30;1-15-6-4-9-18(12-15)33-24-22(29)21-23(32-26(24)31)19-10-2-3-11-20(19)28(25(21)30)14-16-7-5-8-17(27)13-16;26-16-9-3-6-12-19(16)33-23-21(29)20-22(32-25(23)31)15-8-2-5-11-18(15)28(24(20)30)13-14-7-1-4-10-17(14)27;26-15-7-5-6-14(12-15)13-28-18-10-3-1-8-16(18)22-20(24(28)30)21(29)23(25(31)32-22)33-19-11-4-2-9-17(19)27/h1-12,32H,13H2;2-13,29H,14H2,1H3;2*1-12,29H,13H2. The molecule has 0 aliphatic rings. The van der Waals surface area contributed by atoms with E-state index < -0.39 is 113 Å². The number of rotatable bonds is 16. The molecule has 0 aliphatic heterocycles. The molecule has 0 spiro atoms. The van der Waals surface area contributed by atoms with E-state index in [1.54, 1.807) is 170 Å². The Morgan fingerprint density at radius 3 is 0.993 bits per heavy atom. The highest BCUT2D eigenvalue weighted by atomic mass is 79.9. The number of nitrogens with zero attached hydrogens (tertiary/aromatic N) is 4. The lowest BCUT2D eigenvalue weighted by Gasteiger charge is -2.14. The molecule has 135 heavy (non-hydrogen) atoms. The summed E-state index contributed by atoms with van der Waals surface area (Å²) < 4.78 is 137. The molecular weight excluding hydrogens is 1900 g/mol. The SMILES string of the molecule is Cc1cccc(Sc2c(O)c3c(=O)n(Cc4cccc(F)c4)c4ccccc4c3oc2=O)c1.O=c1oc2c(c(O)c1Sc1cccc(C(F)(F)F)c1)c(=O)n(Cc1cccc(F)c1)c1ccccc21.O=c1oc2c(c(O)c1Sc1ccccc1Br)c(=O)n(Cc1ccccc1F)c1ccccc21.O=c1oc2c(c(O)c1Sc1ccccc1F)c(=O)n(Cc1cccc(F)c1)c1ccccc21. The number of fused-ring (bicyclic) bond motifs is 12. The summed E-state index contributed by atoms with van der Waals surface area (Å²) >= 11 is 6.69. The number of hydrogen-bond donors (Lipinski definition) is 4. The maximum atomic E-state index is 14.4. The number of halogens is 9. The topological polar surface area (TPSA) is 290 Å². The minimum absolute atomic E-state index is 0.000592. The van der Waals surface area contributed by atoms with Crippen molar-refractivity contribution in [3.63, 3.8) is 0 Å². The molecule has 20 aromatic rings. The molecule has 8 aromatic heterocycles. The maximum absolute atomic E-state index is 14.4. The Labute approximate surface area is 779 Å². The van der Waals surface area contributed by atoms with E-state index in [0.29, 0.717) is 94.3 Å². The van der Waals surface area contributed by atoms with Gasteiger partial charge in [-0.15, -0.1) is 0 Å². The van der Waals surface area contributed by atoms with Crippen LogP contribution < -0.4 is 44.7 Å². The van der Waals surface area contributed by atoms with Crippen molar-refractivity contribution >= 4 is 150 Å².